The molecule has 5 heteroatoms. The van der Waals surface area contributed by atoms with E-state index in [9.17, 15) is 20.1 Å². The van der Waals surface area contributed by atoms with Gasteiger partial charge in [-0.3, -0.25) is 4.79 Å². The molecule has 0 radical (unpaired) electrons. The Balaban J connectivity index is 1.62. The van der Waals surface area contributed by atoms with Gasteiger partial charge in [0, 0.05) is 25.9 Å². The molecule has 3 rings (SSSR count). The van der Waals surface area contributed by atoms with Crippen LogP contribution in [0.5, 0.6) is 0 Å². The van der Waals surface area contributed by atoms with Crippen molar-refractivity contribution in [1.82, 2.24) is 0 Å². The lowest BCUT2D eigenvalue weighted by Crippen LogP contribution is -2.53. The number of aliphatic hydroxyl groups is 3. The van der Waals surface area contributed by atoms with Crippen LogP contribution in [0, 0.1) is 23.7 Å². The van der Waals surface area contributed by atoms with E-state index in [1.807, 2.05) is 0 Å². The topological polar surface area (TPSA) is 87.0 Å². The zero-order valence-electron chi connectivity index (χ0n) is 17.5. The maximum Gasteiger partial charge on any atom is 0.141 e. The lowest BCUT2D eigenvalue weighted by Gasteiger charge is -2.44. The van der Waals surface area contributed by atoms with Crippen molar-refractivity contribution in [2.75, 3.05) is 7.11 Å². The Labute approximate surface area is 169 Å². The monoisotopic (exact) mass is 396 g/mol. The molecule has 0 spiro atoms. The molecule has 28 heavy (non-hydrogen) atoms. The van der Waals surface area contributed by atoms with Gasteiger partial charge in [0.2, 0.25) is 0 Å². The van der Waals surface area contributed by atoms with Gasteiger partial charge in [0.15, 0.2) is 0 Å². The summed E-state index contributed by atoms with van der Waals surface area (Å²) in [6, 6.07) is 0. The minimum absolute atomic E-state index is 0.00863. The summed E-state index contributed by atoms with van der Waals surface area (Å²) < 4.78 is 5.59. The first-order chi connectivity index (χ1) is 13.5. The molecule has 162 valence electrons. The van der Waals surface area contributed by atoms with E-state index in [2.05, 4.69) is 0 Å². The van der Waals surface area contributed by atoms with Crippen molar-refractivity contribution in [3.8, 4) is 0 Å². The van der Waals surface area contributed by atoms with Crippen molar-refractivity contribution in [3.63, 3.8) is 0 Å². The summed E-state index contributed by atoms with van der Waals surface area (Å²) in [6.07, 6.45) is 10.3. The third-order valence-corrected chi connectivity index (χ3v) is 7.81. The number of ketones is 1. The number of rotatable bonds is 7. The predicted octanol–water partition coefficient (Wildman–Crippen LogP) is 3.23. The summed E-state index contributed by atoms with van der Waals surface area (Å²) in [6.45, 7) is 0. The number of carbonyl (C=O) groups excluding carboxylic acids is 1. The van der Waals surface area contributed by atoms with Crippen LogP contribution in [0.3, 0.4) is 0 Å². The van der Waals surface area contributed by atoms with Gasteiger partial charge in [-0.05, 0) is 37.5 Å². The molecule has 3 fully saturated rings. The Morgan fingerprint density at radius 3 is 2.29 bits per heavy atom. The van der Waals surface area contributed by atoms with Gasteiger partial charge in [-0.1, -0.05) is 44.9 Å². The number of aliphatic hydroxyl groups excluding tert-OH is 3. The van der Waals surface area contributed by atoms with Crippen molar-refractivity contribution in [2.24, 2.45) is 23.7 Å². The van der Waals surface area contributed by atoms with Crippen LogP contribution in [0.1, 0.15) is 83.5 Å². The molecule has 0 aromatic heterocycles. The number of hydrogen-bond donors (Lipinski definition) is 3. The summed E-state index contributed by atoms with van der Waals surface area (Å²) >= 11 is 0. The number of methoxy groups -OCH3 is 1. The van der Waals surface area contributed by atoms with Gasteiger partial charge in [-0.25, -0.2) is 0 Å². The lowest BCUT2D eigenvalue weighted by molar-refractivity contribution is -0.156. The van der Waals surface area contributed by atoms with E-state index >= 15 is 0 Å². The smallest absolute Gasteiger partial charge is 0.141 e. The van der Waals surface area contributed by atoms with Crippen LogP contribution in [-0.4, -0.2) is 52.6 Å². The zero-order chi connectivity index (χ0) is 20.1. The van der Waals surface area contributed by atoms with Crippen LogP contribution in [-0.2, 0) is 9.53 Å². The third kappa shape index (κ3) is 5.35. The van der Waals surface area contributed by atoms with Crippen molar-refractivity contribution in [3.05, 3.63) is 0 Å². The van der Waals surface area contributed by atoms with Crippen LogP contribution in [0.4, 0.5) is 0 Å². The molecule has 0 aromatic rings. The van der Waals surface area contributed by atoms with Gasteiger partial charge in [0.05, 0.1) is 30.3 Å². The molecule has 0 heterocycles. The quantitative estimate of drug-likeness (QED) is 0.615. The molecule has 0 amide bonds. The van der Waals surface area contributed by atoms with Crippen molar-refractivity contribution in [2.45, 2.75) is 108 Å². The highest BCUT2D eigenvalue weighted by Crippen LogP contribution is 2.40. The third-order valence-electron chi connectivity index (χ3n) is 7.81. The molecule has 0 aliphatic heterocycles. The minimum atomic E-state index is -0.887. The van der Waals surface area contributed by atoms with Crippen LogP contribution in [0.15, 0.2) is 0 Å². The summed E-state index contributed by atoms with van der Waals surface area (Å²) in [7, 11) is 1.61. The largest absolute Gasteiger partial charge is 0.393 e. The van der Waals surface area contributed by atoms with E-state index in [0.717, 1.165) is 32.1 Å². The SMILES string of the molecule is COC1CC(O)C(C(=O)CCC2CCCCC2)C(O)C1CC1CCCCC1O. The normalized spacial score (nSPS) is 40.4. The minimum Gasteiger partial charge on any atom is -0.393 e. The predicted molar refractivity (Wildman–Crippen MR) is 108 cm³/mol. The summed E-state index contributed by atoms with van der Waals surface area (Å²) in [5, 5.41) is 32.1. The Morgan fingerprint density at radius 1 is 0.929 bits per heavy atom. The van der Waals surface area contributed by atoms with Gasteiger partial charge >= 0.3 is 0 Å². The Hall–Kier alpha value is -0.490. The van der Waals surface area contributed by atoms with Gasteiger partial charge in [-0.2, -0.15) is 0 Å². The number of hydrogen-bond acceptors (Lipinski definition) is 5. The number of carbonyl (C=O) groups is 1. The Kier molecular flexibility index (Phi) is 8.34. The second-order valence-electron chi connectivity index (χ2n) is 9.61. The Bertz CT molecular complexity index is 489. The van der Waals surface area contributed by atoms with E-state index < -0.39 is 18.1 Å². The fourth-order valence-corrected chi connectivity index (χ4v) is 6.04. The summed E-state index contributed by atoms with van der Waals surface area (Å²) in [4.78, 5) is 12.9. The molecular weight excluding hydrogens is 356 g/mol. The molecule has 3 N–H and O–H groups in total. The van der Waals surface area contributed by atoms with Gasteiger partial charge in [-0.15, -0.1) is 0 Å². The number of ether oxygens (including phenoxy) is 1. The first-order valence-corrected chi connectivity index (χ1v) is 11.6. The molecule has 3 saturated carbocycles. The van der Waals surface area contributed by atoms with Crippen LogP contribution in [0.2, 0.25) is 0 Å². The van der Waals surface area contributed by atoms with E-state index in [1.165, 1.54) is 32.1 Å². The van der Waals surface area contributed by atoms with Crippen LogP contribution >= 0.6 is 0 Å². The second kappa shape index (κ2) is 10.5. The van der Waals surface area contributed by atoms with Crippen LogP contribution in [0.25, 0.3) is 0 Å². The lowest BCUT2D eigenvalue weighted by atomic mass is 9.67. The fraction of sp³-hybridized carbons (Fsp3) is 0.957. The van der Waals surface area contributed by atoms with Crippen LogP contribution < -0.4 is 0 Å². The average Bonchev–Trinajstić information content (AvgIpc) is 2.70. The van der Waals surface area contributed by atoms with Crippen molar-refractivity contribution < 1.29 is 24.9 Å². The molecule has 3 aliphatic rings. The average molecular weight is 397 g/mol. The second-order valence-corrected chi connectivity index (χ2v) is 9.61. The molecule has 0 saturated heterocycles. The van der Waals surface area contributed by atoms with E-state index in [0.29, 0.717) is 25.2 Å². The molecule has 0 aromatic carbocycles. The highest BCUT2D eigenvalue weighted by atomic mass is 16.5. The van der Waals surface area contributed by atoms with Crippen molar-refractivity contribution >= 4 is 5.78 Å². The van der Waals surface area contributed by atoms with E-state index in [1.54, 1.807) is 7.11 Å². The zero-order valence-corrected chi connectivity index (χ0v) is 17.5. The molecular formula is C23H40O5. The van der Waals surface area contributed by atoms with Gasteiger partial charge in [0.1, 0.15) is 5.78 Å². The number of Topliss-reactive ketones (excluding diaryl/α,β-unsaturated/α-hetero) is 1. The first-order valence-electron chi connectivity index (χ1n) is 11.6. The maximum absolute atomic E-state index is 12.9. The molecule has 3 aliphatic carbocycles. The summed E-state index contributed by atoms with van der Waals surface area (Å²) in [5.74, 6) is -0.125. The first kappa shape index (κ1) is 22.2. The van der Waals surface area contributed by atoms with E-state index in [4.69, 9.17) is 4.74 Å². The Morgan fingerprint density at radius 2 is 1.61 bits per heavy atom. The molecule has 7 unspecified atom stereocenters. The molecule has 5 nitrogen and oxygen atoms in total. The van der Waals surface area contributed by atoms with Gasteiger partial charge in [0.25, 0.3) is 0 Å². The summed E-state index contributed by atoms with van der Waals surface area (Å²) in [5.41, 5.74) is 0. The molecule has 0 bridgehead atoms. The fourth-order valence-electron chi connectivity index (χ4n) is 6.04. The standard InChI is InChI=1S/C23H40O5/c1-28-21-14-20(26)22(19(25)12-11-15-7-3-2-4-8-15)23(27)17(21)13-16-9-5-6-10-18(16)24/h15-18,20-24,26-27H,2-14H2,1H3. The molecule has 7 atom stereocenters. The van der Waals surface area contributed by atoms with Gasteiger partial charge < -0.3 is 20.1 Å². The van der Waals surface area contributed by atoms with Crippen molar-refractivity contribution in [1.29, 1.82) is 0 Å². The van der Waals surface area contributed by atoms with E-state index in [-0.39, 0.29) is 29.8 Å². The maximum atomic E-state index is 12.9. The highest BCUT2D eigenvalue weighted by Gasteiger charge is 2.47. The highest BCUT2D eigenvalue weighted by molar-refractivity contribution is 5.82.